The van der Waals surface area contributed by atoms with Crippen LogP contribution in [-0.4, -0.2) is 32.8 Å². The van der Waals surface area contributed by atoms with Gasteiger partial charge in [0.2, 0.25) is 0 Å². The predicted molar refractivity (Wildman–Crippen MR) is 83.5 cm³/mol. The van der Waals surface area contributed by atoms with Gasteiger partial charge in [-0.05, 0) is 30.2 Å². The van der Waals surface area contributed by atoms with Crippen LogP contribution >= 0.6 is 0 Å². The Kier molecular flexibility index (Phi) is 7.75. The SMILES string of the molecule is CCCCOc1cccc(C=C(CC(=O)OC)C(=O)OC)c1. The second kappa shape index (κ2) is 9.60. The summed E-state index contributed by atoms with van der Waals surface area (Å²) >= 11 is 0. The van der Waals surface area contributed by atoms with E-state index < -0.39 is 11.9 Å². The van der Waals surface area contributed by atoms with Gasteiger partial charge in [-0.1, -0.05) is 25.5 Å². The molecule has 1 aromatic rings. The molecule has 0 fully saturated rings. The topological polar surface area (TPSA) is 61.8 Å². The molecule has 22 heavy (non-hydrogen) atoms. The molecule has 0 saturated heterocycles. The maximum atomic E-state index is 11.7. The zero-order chi connectivity index (χ0) is 16.4. The molecule has 0 N–H and O–H groups in total. The second-order valence-electron chi connectivity index (χ2n) is 4.69. The number of ether oxygens (including phenoxy) is 3. The molecular weight excluding hydrogens is 284 g/mol. The lowest BCUT2D eigenvalue weighted by molar-refractivity contribution is -0.143. The summed E-state index contributed by atoms with van der Waals surface area (Å²) < 4.78 is 14.9. The minimum absolute atomic E-state index is 0.135. The molecule has 120 valence electrons. The van der Waals surface area contributed by atoms with Crippen molar-refractivity contribution in [1.29, 1.82) is 0 Å². The van der Waals surface area contributed by atoms with E-state index in [-0.39, 0.29) is 12.0 Å². The molecule has 0 bridgehead atoms. The number of esters is 2. The van der Waals surface area contributed by atoms with E-state index in [1.807, 2.05) is 24.3 Å². The molecule has 0 aromatic heterocycles. The normalized spacial score (nSPS) is 11.0. The number of methoxy groups -OCH3 is 2. The lowest BCUT2D eigenvalue weighted by atomic mass is 10.1. The van der Waals surface area contributed by atoms with Crippen LogP contribution in [0, 0.1) is 0 Å². The van der Waals surface area contributed by atoms with Gasteiger partial charge in [-0.2, -0.15) is 0 Å². The van der Waals surface area contributed by atoms with Gasteiger partial charge >= 0.3 is 11.9 Å². The Morgan fingerprint density at radius 2 is 1.95 bits per heavy atom. The molecule has 5 heteroatoms. The van der Waals surface area contributed by atoms with Crippen LogP contribution in [0.1, 0.15) is 31.7 Å². The monoisotopic (exact) mass is 306 g/mol. The first-order valence-corrected chi connectivity index (χ1v) is 7.19. The molecule has 5 nitrogen and oxygen atoms in total. The fourth-order valence-electron chi connectivity index (χ4n) is 1.77. The van der Waals surface area contributed by atoms with Crippen molar-refractivity contribution in [2.75, 3.05) is 20.8 Å². The first-order chi connectivity index (χ1) is 10.6. The molecule has 0 saturated carbocycles. The average molecular weight is 306 g/mol. The van der Waals surface area contributed by atoms with E-state index in [9.17, 15) is 9.59 Å². The van der Waals surface area contributed by atoms with Crippen LogP contribution in [0.3, 0.4) is 0 Å². The molecule has 0 aliphatic carbocycles. The Morgan fingerprint density at radius 1 is 1.18 bits per heavy atom. The van der Waals surface area contributed by atoms with E-state index >= 15 is 0 Å². The molecule has 0 atom stereocenters. The predicted octanol–water partition coefficient (Wildman–Crippen LogP) is 2.99. The highest BCUT2D eigenvalue weighted by atomic mass is 16.5. The average Bonchev–Trinajstić information content (AvgIpc) is 2.54. The first-order valence-electron chi connectivity index (χ1n) is 7.19. The molecular formula is C17H22O5. The summed E-state index contributed by atoms with van der Waals surface area (Å²) in [6.07, 6.45) is 3.51. The van der Waals surface area contributed by atoms with Gasteiger partial charge in [0.15, 0.2) is 0 Å². The number of carbonyl (C=O) groups excluding carboxylic acids is 2. The molecule has 1 rings (SSSR count). The minimum atomic E-state index is -0.553. The zero-order valence-corrected chi connectivity index (χ0v) is 13.3. The lowest BCUT2D eigenvalue weighted by Crippen LogP contribution is -2.11. The van der Waals surface area contributed by atoms with Crippen LogP contribution in [-0.2, 0) is 19.1 Å². The summed E-state index contributed by atoms with van der Waals surface area (Å²) in [5, 5.41) is 0. The standard InChI is InChI=1S/C17H22O5/c1-4-5-9-22-15-8-6-7-13(11-15)10-14(17(19)21-3)12-16(18)20-2/h6-8,10-11H,4-5,9,12H2,1-3H3. The molecule has 0 spiro atoms. The summed E-state index contributed by atoms with van der Waals surface area (Å²) in [6.45, 7) is 2.74. The van der Waals surface area contributed by atoms with Gasteiger partial charge in [0.05, 0.1) is 27.2 Å². The number of rotatable bonds is 8. The number of benzene rings is 1. The van der Waals surface area contributed by atoms with Gasteiger partial charge in [0.25, 0.3) is 0 Å². The third-order valence-corrected chi connectivity index (χ3v) is 2.98. The van der Waals surface area contributed by atoms with Crippen molar-refractivity contribution in [3.63, 3.8) is 0 Å². The van der Waals surface area contributed by atoms with E-state index in [0.29, 0.717) is 6.61 Å². The highest BCUT2D eigenvalue weighted by Gasteiger charge is 2.15. The van der Waals surface area contributed by atoms with E-state index in [1.165, 1.54) is 14.2 Å². The summed E-state index contributed by atoms with van der Waals surface area (Å²) in [5.74, 6) is -0.320. The Balaban J connectivity index is 2.91. The third-order valence-electron chi connectivity index (χ3n) is 2.98. The minimum Gasteiger partial charge on any atom is -0.494 e. The van der Waals surface area contributed by atoms with Gasteiger partial charge < -0.3 is 14.2 Å². The van der Waals surface area contributed by atoms with Gasteiger partial charge in [-0.3, -0.25) is 4.79 Å². The van der Waals surface area contributed by atoms with E-state index in [4.69, 9.17) is 9.47 Å². The first kappa shape index (κ1) is 17.8. The Bertz CT molecular complexity index is 534. The van der Waals surface area contributed by atoms with Crippen LogP contribution in [0.2, 0.25) is 0 Å². The van der Waals surface area contributed by atoms with Gasteiger partial charge in [-0.15, -0.1) is 0 Å². The van der Waals surface area contributed by atoms with E-state index in [0.717, 1.165) is 24.2 Å². The summed E-state index contributed by atoms with van der Waals surface area (Å²) in [4.78, 5) is 23.1. The van der Waals surface area contributed by atoms with Crippen LogP contribution in [0.25, 0.3) is 6.08 Å². The van der Waals surface area contributed by atoms with E-state index in [2.05, 4.69) is 11.7 Å². The van der Waals surface area contributed by atoms with Crippen LogP contribution in [0.4, 0.5) is 0 Å². The quantitative estimate of drug-likeness (QED) is 0.420. The maximum absolute atomic E-state index is 11.7. The molecule has 0 unspecified atom stereocenters. The van der Waals surface area contributed by atoms with Gasteiger partial charge in [-0.25, -0.2) is 4.79 Å². The number of hydrogen-bond acceptors (Lipinski definition) is 5. The second-order valence-corrected chi connectivity index (χ2v) is 4.69. The van der Waals surface area contributed by atoms with Crippen molar-refractivity contribution in [2.45, 2.75) is 26.2 Å². The van der Waals surface area contributed by atoms with Crippen molar-refractivity contribution in [3.05, 3.63) is 35.4 Å². The Hall–Kier alpha value is -2.30. The van der Waals surface area contributed by atoms with Gasteiger partial charge in [0.1, 0.15) is 5.75 Å². The molecule has 0 amide bonds. The smallest absolute Gasteiger partial charge is 0.334 e. The number of unbranched alkanes of at least 4 members (excludes halogenated alkanes) is 1. The maximum Gasteiger partial charge on any atom is 0.334 e. The highest BCUT2D eigenvalue weighted by molar-refractivity contribution is 5.98. The van der Waals surface area contributed by atoms with Gasteiger partial charge in [0, 0.05) is 5.57 Å². The fraction of sp³-hybridized carbons (Fsp3) is 0.412. The van der Waals surface area contributed by atoms with E-state index in [1.54, 1.807) is 6.08 Å². The van der Waals surface area contributed by atoms with Crippen molar-refractivity contribution in [1.82, 2.24) is 0 Å². The van der Waals surface area contributed by atoms with Crippen LogP contribution in [0.5, 0.6) is 5.75 Å². The molecule has 0 aliphatic heterocycles. The Labute approximate surface area is 130 Å². The van der Waals surface area contributed by atoms with Crippen molar-refractivity contribution >= 4 is 18.0 Å². The van der Waals surface area contributed by atoms with Crippen LogP contribution < -0.4 is 4.74 Å². The van der Waals surface area contributed by atoms with Crippen molar-refractivity contribution in [3.8, 4) is 5.75 Å². The fourth-order valence-corrected chi connectivity index (χ4v) is 1.77. The third kappa shape index (κ3) is 5.99. The lowest BCUT2D eigenvalue weighted by Gasteiger charge is -2.07. The zero-order valence-electron chi connectivity index (χ0n) is 13.3. The molecule has 0 heterocycles. The summed E-state index contributed by atoms with van der Waals surface area (Å²) in [5.41, 5.74) is 0.998. The highest BCUT2D eigenvalue weighted by Crippen LogP contribution is 2.18. The largest absolute Gasteiger partial charge is 0.494 e. The summed E-state index contributed by atoms with van der Waals surface area (Å²) in [6, 6.07) is 7.33. The Morgan fingerprint density at radius 3 is 2.59 bits per heavy atom. The molecule has 0 aliphatic rings. The molecule has 1 aromatic carbocycles. The van der Waals surface area contributed by atoms with Crippen LogP contribution in [0.15, 0.2) is 29.8 Å². The van der Waals surface area contributed by atoms with Crippen molar-refractivity contribution < 1.29 is 23.8 Å². The number of carbonyl (C=O) groups is 2. The van der Waals surface area contributed by atoms with Crippen molar-refractivity contribution in [2.24, 2.45) is 0 Å². The summed E-state index contributed by atoms with van der Waals surface area (Å²) in [7, 11) is 2.55. The molecule has 0 radical (unpaired) electrons. The number of hydrogen-bond donors (Lipinski definition) is 0.